The number of carbonyl (C=O) groups is 1. The summed E-state index contributed by atoms with van der Waals surface area (Å²) in [6.45, 7) is 4.60. The molecule has 2 amide bonds. The van der Waals surface area contributed by atoms with E-state index in [0.717, 1.165) is 18.4 Å². The van der Waals surface area contributed by atoms with E-state index in [1.54, 1.807) is 12.1 Å². The number of hydrogen-bond acceptors (Lipinski definition) is 3. The van der Waals surface area contributed by atoms with Crippen molar-refractivity contribution in [2.45, 2.75) is 38.3 Å². The standard InChI is InChI=1S/C22H31N3O2/c1-22(2,15-18-8-6-5-7-9-18)24-21(27)23-16-19(25(3)4)14-17-10-12-20(26)13-11-17/h5-13,19,26H,14-16H2,1-4H3,(H2,23,24,27). The van der Waals surface area contributed by atoms with Gasteiger partial charge in [0.15, 0.2) is 0 Å². The van der Waals surface area contributed by atoms with E-state index in [0.29, 0.717) is 6.54 Å². The van der Waals surface area contributed by atoms with Crippen LogP contribution in [-0.4, -0.2) is 48.3 Å². The fourth-order valence-corrected chi connectivity index (χ4v) is 3.05. The highest BCUT2D eigenvalue weighted by Crippen LogP contribution is 2.14. The maximum absolute atomic E-state index is 12.4. The van der Waals surface area contributed by atoms with E-state index in [1.165, 1.54) is 5.56 Å². The molecule has 3 N–H and O–H groups in total. The van der Waals surface area contributed by atoms with Crippen molar-refractivity contribution in [3.63, 3.8) is 0 Å². The first-order valence-electron chi connectivity index (χ1n) is 9.29. The van der Waals surface area contributed by atoms with Gasteiger partial charge in [-0.05, 0) is 64.0 Å². The number of benzene rings is 2. The lowest BCUT2D eigenvalue weighted by Crippen LogP contribution is -2.52. The van der Waals surface area contributed by atoms with Gasteiger partial charge in [0.2, 0.25) is 0 Å². The molecular weight excluding hydrogens is 338 g/mol. The summed E-state index contributed by atoms with van der Waals surface area (Å²) in [6, 6.07) is 17.4. The third-order valence-electron chi connectivity index (χ3n) is 4.58. The van der Waals surface area contributed by atoms with E-state index in [4.69, 9.17) is 0 Å². The Balaban J connectivity index is 1.86. The van der Waals surface area contributed by atoms with Gasteiger partial charge in [0.05, 0.1) is 0 Å². The smallest absolute Gasteiger partial charge is 0.315 e. The monoisotopic (exact) mass is 369 g/mol. The van der Waals surface area contributed by atoms with Crippen LogP contribution in [0.4, 0.5) is 4.79 Å². The van der Waals surface area contributed by atoms with Crippen molar-refractivity contribution in [2.75, 3.05) is 20.6 Å². The fourth-order valence-electron chi connectivity index (χ4n) is 3.05. The van der Waals surface area contributed by atoms with Gasteiger partial charge in [-0.3, -0.25) is 0 Å². The van der Waals surface area contributed by atoms with Gasteiger partial charge in [-0.15, -0.1) is 0 Å². The number of aromatic hydroxyl groups is 1. The van der Waals surface area contributed by atoms with Gasteiger partial charge in [0.1, 0.15) is 5.75 Å². The fraction of sp³-hybridized carbons (Fsp3) is 0.409. The number of phenols is 1. The van der Waals surface area contributed by atoms with Crippen molar-refractivity contribution in [1.82, 2.24) is 15.5 Å². The summed E-state index contributed by atoms with van der Waals surface area (Å²) < 4.78 is 0. The van der Waals surface area contributed by atoms with Gasteiger partial charge in [-0.25, -0.2) is 4.79 Å². The summed E-state index contributed by atoms with van der Waals surface area (Å²) in [7, 11) is 4.01. The lowest BCUT2D eigenvalue weighted by Gasteiger charge is -2.29. The summed E-state index contributed by atoms with van der Waals surface area (Å²) in [5.74, 6) is 0.262. The third kappa shape index (κ3) is 7.31. The molecule has 0 bridgehead atoms. The van der Waals surface area contributed by atoms with E-state index in [1.807, 2.05) is 58.3 Å². The molecule has 0 fully saturated rings. The first kappa shape index (κ1) is 20.8. The highest BCUT2D eigenvalue weighted by atomic mass is 16.3. The van der Waals surface area contributed by atoms with Crippen molar-refractivity contribution in [3.8, 4) is 5.75 Å². The molecule has 0 aromatic heterocycles. The van der Waals surface area contributed by atoms with Gasteiger partial charge in [0, 0.05) is 18.1 Å². The summed E-state index contributed by atoms with van der Waals surface area (Å²) in [6.07, 6.45) is 1.56. The summed E-state index contributed by atoms with van der Waals surface area (Å²) in [4.78, 5) is 14.5. The van der Waals surface area contributed by atoms with Crippen molar-refractivity contribution in [1.29, 1.82) is 0 Å². The Morgan fingerprint density at radius 2 is 1.67 bits per heavy atom. The molecule has 2 rings (SSSR count). The third-order valence-corrected chi connectivity index (χ3v) is 4.58. The average molecular weight is 370 g/mol. The number of carbonyl (C=O) groups excluding carboxylic acids is 1. The number of rotatable bonds is 8. The van der Waals surface area contributed by atoms with E-state index in [-0.39, 0.29) is 23.4 Å². The Morgan fingerprint density at radius 1 is 1.04 bits per heavy atom. The molecule has 1 unspecified atom stereocenters. The SMILES string of the molecule is CN(C)C(CNC(=O)NC(C)(C)Cc1ccccc1)Cc1ccc(O)cc1. The number of nitrogens with zero attached hydrogens (tertiary/aromatic N) is 1. The van der Waals surface area contributed by atoms with Gasteiger partial charge in [-0.2, -0.15) is 0 Å². The Labute approximate surface area is 162 Å². The molecule has 0 radical (unpaired) electrons. The summed E-state index contributed by atoms with van der Waals surface area (Å²) in [5, 5.41) is 15.5. The lowest BCUT2D eigenvalue weighted by atomic mass is 9.95. The number of hydrogen-bond donors (Lipinski definition) is 3. The lowest BCUT2D eigenvalue weighted by molar-refractivity contribution is 0.222. The van der Waals surface area contributed by atoms with Gasteiger partial charge in [0.25, 0.3) is 0 Å². The average Bonchev–Trinajstić information content (AvgIpc) is 2.60. The first-order chi connectivity index (χ1) is 12.7. The van der Waals surface area contributed by atoms with Crippen molar-refractivity contribution in [2.24, 2.45) is 0 Å². The van der Waals surface area contributed by atoms with E-state index in [9.17, 15) is 9.90 Å². The van der Waals surface area contributed by atoms with Crippen LogP contribution in [-0.2, 0) is 12.8 Å². The maximum Gasteiger partial charge on any atom is 0.315 e. The zero-order chi connectivity index (χ0) is 19.9. The van der Waals surface area contributed by atoms with Crippen LogP contribution in [0.5, 0.6) is 5.75 Å². The van der Waals surface area contributed by atoms with Crippen molar-refractivity contribution < 1.29 is 9.90 Å². The molecule has 0 aliphatic carbocycles. The molecular formula is C22H31N3O2. The summed E-state index contributed by atoms with van der Waals surface area (Å²) in [5.41, 5.74) is 1.98. The largest absolute Gasteiger partial charge is 0.508 e. The van der Waals surface area contributed by atoms with Crippen LogP contribution < -0.4 is 10.6 Å². The maximum atomic E-state index is 12.4. The zero-order valence-corrected chi connectivity index (χ0v) is 16.7. The molecule has 0 saturated carbocycles. The topological polar surface area (TPSA) is 64.6 Å². The predicted molar refractivity (Wildman–Crippen MR) is 110 cm³/mol. The van der Waals surface area contributed by atoms with Gasteiger partial charge < -0.3 is 20.6 Å². The Bertz CT molecular complexity index is 712. The highest BCUT2D eigenvalue weighted by molar-refractivity contribution is 5.74. The second-order valence-electron chi connectivity index (χ2n) is 7.87. The molecule has 0 aliphatic rings. The predicted octanol–water partition coefficient (Wildman–Crippen LogP) is 3.19. The molecule has 2 aromatic carbocycles. The molecule has 0 spiro atoms. The molecule has 0 aliphatic heterocycles. The van der Waals surface area contributed by atoms with Crippen LogP contribution >= 0.6 is 0 Å². The minimum Gasteiger partial charge on any atom is -0.508 e. The minimum atomic E-state index is -0.337. The highest BCUT2D eigenvalue weighted by Gasteiger charge is 2.22. The first-order valence-corrected chi connectivity index (χ1v) is 9.29. The zero-order valence-electron chi connectivity index (χ0n) is 16.7. The Kier molecular flexibility index (Phi) is 7.25. The van der Waals surface area contributed by atoms with E-state index >= 15 is 0 Å². The number of nitrogens with one attached hydrogen (secondary N) is 2. The van der Waals surface area contributed by atoms with Crippen LogP contribution in [0.25, 0.3) is 0 Å². The van der Waals surface area contributed by atoms with Crippen LogP contribution in [0.1, 0.15) is 25.0 Å². The number of phenolic OH excluding ortho intramolecular Hbond substituents is 1. The second-order valence-corrected chi connectivity index (χ2v) is 7.87. The van der Waals surface area contributed by atoms with E-state index in [2.05, 4.69) is 27.7 Å². The van der Waals surface area contributed by atoms with Crippen LogP contribution in [0.2, 0.25) is 0 Å². The number of likely N-dealkylation sites (N-methyl/N-ethyl adjacent to an activating group) is 1. The van der Waals surface area contributed by atoms with Crippen LogP contribution in [0, 0.1) is 0 Å². The molecule has 2 aromatic rings. The molecule has 0 saturated heterocycles. The van der Waals surface area contributed by atoms with Gasteiger partial charge >= 0.3 is 6.03 Å². The Hall–Kier alpha value is -2.53. The van der Waals surface area contributed by atoms with E-state index < -0.39 is 0 Å². The molecule has 1 atom stereocenters. The number of amides is 2. The quantitative estimate of drug-likeness (QED) is 0.670. The van der Waals surface area contributed by atoms with Crippen molar-refractivity contribution in [3.05, 3.63) is 65.7 Å². The van der Waals surface area contributed by atoms with Crippen LogP contribution in [0.3, 0.4) is 0 Å². The Morgan fingerprint density at radius 3 is 2.26 bits per heavy atom. The molecule has 5 heteroatoms. The van der Waals surface area contributed by atoms with Crippen molar-refractivity contribution >= 4 is 6.03 Å². The molecule has 146 valence electrons. The van der Waals surface area contributed by atoms with Gasteiger partial charge in [-0.1, -0.05) is 42.5 Å². The molecule has 0 heterocycles. The minimum absolute atomic E-state index is 0.159. The molecule has 5 nitrogen and oxygen atoms in total. The normalized spacial score (nSPS) is 12.6. The summed E-state index contributed by atoms with van der Waals surface area (Å²) >= 11 is 0. The second kappa shape index (κ2) is 9.42. The molecule has 27 heavy (non-hydrogen) atoms. The number of urea groups is 1. The van der Waals surface area contributed by atoms with Crippen LogP contribution in [0.15, 0.2) is 54.6 Å².